The SMILES string of the molecule is O=C1N=C2N=C3CCCC3=NN2C1=Cc1ccc(Cl)cc1Cl. The lowest BCUT2D eigenvalue weighted by Gasteiger charge is -2.18. The van der Waals surface area contributed by atoms with Crippen LogP contribution in [0.5, 0.6) is 0 Å². The second kappa shape index (κ2) is 5.04. The van der Waals surface area contributed by atoms with Crippen molar-refractivity contribution in [2.75, 3.05) is 0 Å². The van der Waals surface area contributed by atoms with E-state index in [1.54, 1.807) is 24.3 Å². The highest BCUT2D eigenvalue weighted by Gasteiger charge is 2.35. The summed E-state index contributed by atoms with van der Waals surface area (Å²) in [5, 5.41) is 7.02. The van der Waals surface area contributed by atoms with Gasteiger partial charge >= 0.3 is 0 Å². The van der Waals surface area contributed by atoms with Crippen LogP contribution in [0.25, 0.3) is 6.08 Å². The first-order valence-corrected chi connectivity index (χ1v) is 7.63. The number of aliphatic imine (C=N–C) groups is 2. The highest BCUT2D eigenvalue weighted by molar-refractivity contribution is 6.46. The Morgan fingerprint density at radius 1 is 1.14 bits per heavy atom. The molecule has 1 amide bonds. The number of amides is 1. The van der Waals surface area contributed by atoms with Gasteiger partial charge in [0.05, 0.1) is 11.4 Å². The highest BCUT2D eigenvalue weighted by atomic mass is 35.5. The summed E-state index contributed by atoms with van der Waals surface area (Å²) in [6.07, 6.45) is 4.47. The van der Waals surface area contributed by atoms with Gasteiger partial charge in [-0.05, 0) is 43.0 Å². The molecule has 22 heavy (non-hydrogen) atoms. The third kappa shape index (κ3) is 2.17. The van der Waals surface area contributed by atoms with Crippen molar-refractivity contribution in [3.8, 4) is 0 Å². The summed E-state index contributed by atoms with van der Waals surface area (Å²) in [5.74, 6) is -0.0309. The van der Waals surface area contributed by atoms with Gasteiger partial charge in [-0.15, -0.1) is 0 Å². The Morgan fingerprint density at radius 2 is 1.95 bits per heavy atom. The third-order valence-electron chi connectivity index (χ3n) is 3.71. The van der Waals surface area contributed by atoms with E-state index >= 15 is 0 Å². The topological polar surface area (TPSA) is 57.4 Å². The predicted octanol–water partition coefficient (Wildman–Crippen LogP) is 3.53. The molecule has 1 aromatic carbocycles. The Bertz CT molecular complexity index is 823. The molecule has 7 heteroatoms. The molecule has 1 aromatic rings. The van der Waals surface area contributed by atoms with Crippen LogP contribution in [0.2, 0.25) is 10.0 Å². The lowest BCUT2D eigenvalue weighted by atomic mass is 10.2. The molecule has 5 nitrogen and oxygen atoms in total. The van der Waals surface area contributed by atoms with Gasteiger partial charge in [0.15, 0.2) is 0 Å². The van der Waals surface area contributed by atoms with E-state index < -0.39 is 0 Å². The van der Waals surface area contributed by atoms with Crippen LogP contribution in [-0.4, -0.2) is 28.3 Å². The van der Waals surface area contributed by atoms with Gasteiger partial charge in [0, 0.05) is 10.0 Å². The van der Waals surface area contributed by atoms with E-state index in [1.807, 2.05) is 0 Å². The van der Waals surface area contributed by atoms with Gasteiger partial charge in [0.1, 0.15) is 5.70 Å². The second-order valence-electron chi connectivity index (χ2n) is 5.18. The lowest BCUT2D eigenvalue weighted by molar-refractivity contribution is -0.114. The average molecular weight is 333 g/mol. The zero-order valence-electron chi connectivity index (χ0n) is 11.4. The first-order valence-electron chi connectivity index (χ1n) is 6.87. The van der Waals surface area contributed by atoms with Crippen LogP contribution in [0, 0.1) is 0 Å². The summed E-state index contributed by atoms with van der Waals surface area (Å²) in [6.45, 7) is 0. The number of hydrazone groups is 1. The number of hydrogen-bond acceptors (Lipinski definition) is 4. The van der Waals surface area contributed by atoms with Gasteiger partial charge in [-0.2, -0.15) is 15.1 Å². The molecule has 0 saturated heterocycles. The van der Waals surface area contributed by atoms with E-state index in [-0.39, 0.29) is 5.91 Å². The van der Waals surface area contributed by atoms with Gasteiger partial charge in [0.25, 0.3) is 11.9 Å². The molecule has 0 spiro atoms. The first-order chi connectivity index (χ1) is 10.6. The molecule has 0 unspecified atom stereocenters. The van der Waals surface area contributed by atoms with Crippen LogP contribution in [-0.2, 0) is 4.79 Å². The van der Waals surface area contributed by atoms with E-state index in [1.165, 1.54) is 5.01 Å². The molecule has 0 aromatic heterocycles. The van der Waals surface area contributed by atoms with E-state index in [4.69, 9.17) is 23.2 Å². The maximum Gasteiger partial charge on any atom is 0.299 e. The molecular formula is C15H10Cl2N4O. The number of fused-ring (bicyclic) bond motifs is 2. The fourth-order valence-corrected chi connectivity index (χ4v) is 3.10. The lowest BCUT2D eigenvalue weighted by Crippen LogP contribution is -2.28. The maximum atomic E-state index is 12.1. The van der Waals surface area contributed by atoms with Crippen molar-refractivity contribution < 1.29 is 4.79 Å². The first kappa shape index (κ1) is 13.7. The molecule has 110 valence electrons. The number of rotatable bonds is 1. The quantitative estimate of drug-likeness (QED) is 0.738. The van der Waals surface area contributed by atoms with Crippen LogP contribution in [0.1, 0.15) is 24.8 Å². The van der Waals surface area contributed by atoms with Gasteiger partial charge in [-0.1, -0.05) is 29.3 Å². The molecule has 3 aliphatic rings. The number of benzene rings is 1. The van der Waals surface area contributed by atoms with Crippen LogP contribution in [0.4, 0.5) is 0 Å². The van der Waals surface area contributed by atoms with Gasteiger partial charge in [0.2, 0.25) is 0 Å². The minimum Gasteiger partial charge on any atom is -0.265 e. The Balaban J connectivity index is 1.76. The minimum absolute atomic E-state index is 0.335. The smallest absolute Gasteiger partial charge is 0.265 e. The van der Waals surface area contributed by atoms with Crippen molar-refractivity contribution in [3.05, 3.63) is 39.5 Å². The van der Waals surface area contributed by atoms with E-state index in [2.05, 4.69) is 15.1 Å². The number of carbonyl (C=O) groups excluding carboxylic acids is 1. The number of guanidine groups is 1. The molecular weight excluding hydrogens is 323 g/mol. The standard InChI is InChI=1S/C15H10Cl2N4O/c16-9-5-4-8(10(17)7-9)6-13-14(22)19-15-18-11-2-1-3-12(11)20-21(13)15/h4-7H,1-3H2. The molecule has 2 aliphatic heterocycles. The largest absolute Gasteiger partial charge is 0.299 e. The molecule has 1 aliphatic carbocycles. The average Bonchev–Trinajstić information content (AvgIpc) is 3.03. The predicted molar refractivity (Wildman–Crippen MR) is 87.4 cm³/mol. The molecule has 2 heterocycles. The fourth-order valence-electron chi connectivity index (χ4n) is 2.63. The highest BCUT2D eigenvalue weighted by Crippen LogP contribution is 2.29. The summed E-state index contributed by atoms with van der Waals surface area (Å²) in [6, 6.07) is 5.10. The van der Waals surface area contributed by atoms with Gasteiger partial charge in [-0.25, -0.2) is 4.99 Å². The van der Waals surface area contributed by atoms with Crippen LogP contribution >= 0.6 is 23.2 Å². The number of halogens is 2. The normalized spacial score (nSPS) is 21.5. The van der Waals surface area contributed by atoms with Crippen molar-refractivity contribution in [2.45, 2.75) is 19.3 Å². The fraction of sp³-hybridized carbons (Fsp3) is 0.200. The van der Waals surface area contributed by atoms with Crippen molar-refractivity contribution in [2.24, 2.45) is 15.1 Å². The van der Waals surface area contributed by atoms with Crippen molar-refractivity contribution in [1.82, 2.24) is 5.01 Å². The Morgan fingerprint density at radius 3 is 2.77 bits per heavy atom. The summed E-state index contributed by atoms with van der Waals surface area (Å²) < 4.78 is 0. The Kier molecular flexibility index (Phi) is 3.13. The van der Waals surface area contributed by atoms with Gasteiger partial charge in [-0.3, -0.25) is 4.79 Å². The Labute approximate surface area is 136 Å². The molecule has 0 N–H and O–H groups in total. The summed E-state index contributed by atoms with van der Waals surface area (Å²) in [7, 11) is 0. The zero-order valence-corrected chi connectivity index (χ0v) is 12.9. The molecule has 4 rings (SSSR count). The van der Waals surface area contributed by atoms with E-state index in [0.29, 0.717) is 27.3 Å². The van der Waals surface area contributed by atoms with Gasteiger partial charge < -0.3 is 0 Å². The molecule has 1 saturated carbocycles. The van der Waals surface area contributed by atoms with Crippen LogP contribution in [0.3, 0.4) is 0 Å². The maximum absolute atomic E-state index is 12.1. The molecule has 0 bridgehead atoms. The van der Waals surface area contributed by atoms with Crippen LogP contribution < -0.4 is 0 Å². The monoisotopic (exact) mass is 332 g/mol. The Hall–Kier alpha value is -1.98. The minimum atomic E-state index is -0.366. The van der Waals surface area contributed by atoms with Crippen LogP contribution in [0.15, 0.2) is 39.0 Å². The van der Waals surface area contributed by atoms with Crippen molar-refractivity contribution in [3.63, 3.8) is 0 Å². The number of carbonyl (C=O) groups is 1. The summed E-state index contributed by atoms with van der Waals surface area (Å²) in [5.41, 5.74) is 2.91. The van der Waals surface area contributed by atoms with E-state index in [9.17, 15) is 4.79 Å². The third-order valence-corrected chi connectivity index (χ3v) is 4.27. The molecule has 0 radical (unpaired) electrons. The van der Waals surface area contributed by atoms with Crippen molar-refractivity contribution >= 4 is 52.6 Å². The second-order valence-corrected chi connectivity index (χ2v) is 6.03. The summed E-state index contributed by atoms with van der Waals surface area (Å²) in [4.78, 5) is 20.5. The number of hydrogen-bond donors (Lipinski definition) is 0. The number of nitrogens with zero attached hydrogens (tertiary/aromatic N) is 4. The summed E-state index contributed by atoms with van der Waals surface area (Å²) >= 11 is 12.0. The zero-order chi connectivity index (χ0) is 15.3. The van der Waals surface area contributed by atoms with Crippen molar-refractivity contribution in [1.29, 1.82) is 0 Å². The molecule has 1 fully saturated rings. The van der Waals surface area contributed by atoms with E-state index in [0.717, 1.165) is 30.7 Å². The molecule has 0 atom stereocenters.